The predicted molar refractivity (Wildman–Crippen MR) is 73.7 cm³/mol. The van der Waals surface area contributed by atoms with Crippen molar-refractivity contribution >= 4 is 5.78 Å². The van der Waals surface area contributed by atoms with Crippen molar-refractivity contribution in [2.24, 2.45) is 0 Å². The molecule has 0 aromatic carbocycles. The van der Waals surface area contributed by atoms with Crippen molar-refractivity contribution in [2.45, 2.75) is 90.1 Å². The predicted octanol–water partition coefficient (Wildman–Crippen LogP) is 3.94. The van der Waals surface area contributed by atoms with Crippen LogP contribution in [-0.2, 0) is 4.79 Å². The van der Waals surface area contributed by atoms with Crippen LogP contribution in [0.25, 0.3) is 0 Å². The van der Waals surface area contributed by atoms with Gasteiger partial charge in [0.1, 0.15) is 5.78 Å². The quantitative estimate of drug-likeness (QED) is 0.781. The van der Waals surface area contributed by atoms with E-state index in [1.807, 2.05) is 13.8 Å². The highest BCUT2D eigenvalue weighted by atomic mass is 16.5. The Labute approximate surface area is 112 Å². The highest BCUT2D eigenvalue weighted by Gasteiger charge is 2.48. The summed E-state index contributed by atoms with van der Waals surface area (Å²) in [6, 6.07) is 0. The van der Waals surface area contributed by atoms with Gasteiger partial charge in [-0.3, -0.25) is 4.79 Å². The molecule has 1 fully saturated rings. The molecule has 1 rings (SSSR count). The maximum atomic E-state index is 12.0. The van der Waals surface area contributed by atoms with Crippen LogP contribution >= 0.6 is 0 Å². The van der Waals surface area contributed by atoms with E-state index >= 15 is 0 Å². The van der Waals surface area contributed by atoms with Crippen molar-refractivity contribution in [3.8, 4) is 0 Å². The molecule has 1 N–H and O–H groups in total. The summed E-state index contributed by atoms with van der Waals surface area (Å²) >= 11 is 0. The first-order valence-corrected chi connectivity index (χ1v) is 7.39. The molecule has 0 bridgehead atoms. The van der Waals surface area contributed by atoms with Gasteiger partial charge in [-0.25, -0.2) is 0 Å². The second-order valence-corrected chi connectivity index (χ2v) is 6.41. The maximum Gasteiger partial charge on any atom is 0.136 e. The van der Waals surface area contributed by atoms with Crippen molar-refractivity contribution in [1.29, 1.82) is 0 Å². The first kappa shape index (κ1) is 15.6. The number of carbonyl (C=O) groups is 1. The van der Waals surface area contributed by atoms with Crippen LogP contribution in [0.4, 0.5) is 0 Å². The number of ketones is 1. The third-order valence-electron chi connectivity index (χ3n) is 4.32. The monoisotopic (exact) mass is 255 g/mol. The minimum absolute atomic E-state index is 0.303. The smallest absolute Gasteiger partial charge is 0.136 e. The first-order chi connectivity index (χ1) is 8.38. The largest absolute Gasteiger partial charge is 0.313 e. The van der Waals surface area contributed by atoms with Crippen LogP contribution in [0, 0.1) is 0 Å². The van der Waals surface area contributed by atoms with Crippen LogP contribution < -0.4 is 0 Å². The molecule has 3 nitrogen and oxygen atoms in total. The second-order valence-electron chi connectivity index (χ2n) is 6.41. The molecular weight excluding hydrogens is 226 g/mol. The average molecular weight is 255 g/mol. The topological polar surface area (TPSA) is 40.5 Å². The lowest BCUT2D eigenvalue weighted by Crippen LogP contribution is -2.61. The van der Waals surface area contributed by atoms with Gasteiger partial charge in [-0.1, -0.05) is 39.5 Å². The molecule has 2 atom stereocenters. The summed E-state index contributed by atoms with van der Waals surface area (Å²) in [6.45, 7) is 8.35. The Hall–Kier alpha value is -0.410. The lowest BCUT2D eigenvalue weighted by Gasteiger charge is -2.51. The molecule has 18 heavy (non-hydrogen) atoms. The fourth-order valence-electron chi connectivity index (χ4n) is 3.22. The normalized spacial score (nSPS) is 33.9. The van der Waals surface area contributed by atoms with E-state index in [1.165, 1.54) is 5.06 Å². The van der Waals surface area contributed by atoms with Crippen molar-refractivity contribution in [1.82, 2.24) is 5.06 Å². The van der Waals surface area contributed by atoms with Crippen LogP contribution in [0.1, 0.15) is 79.1 Å². The Morgan fingerprint density at radius 1 is 1.06 bits per heavy atom. The zero-order chi connectivity index (χ0) is 13.8. The fourth-order valence-corrected chi connectivity index (χ4v) is 3.22. The molecule has 0 aromatic rings. The first-order valence-electron chi connectivity index (χ1n) is 7.39. The number of rotatable bonds is 6. The van der Waals surface area contributed by atoms with Gasteiger partial charge in [-0.05, 0) is 26.7 Å². The number of nitrogens with zero attached hydrogens (tertiary/aromatic N) is 1. The average Bonchev–Trinajstić information content (AvgIpc) is 2.31. The molecule has 0 aromatic heterocycles. The molecule has 0 aliphatic carbocycles. The highest BCUT2D eigenvalue weighted by molar-refractivity contribution is 5.81. The molecule has 3 heteroatoms. The Morgan fingerprint density at radius 2 is 1.44 bits per heavy atom. The van der Waals surface area contributed by atoms with Gasteiger partial charge in [-0.2, -0.15) is 5.06 Å². The highest BCUT2D eigenvalue weighted by Crippen LogP contribution is 2.40. The number of hydrogen-bond acceptors (Lipinski definition) is 3. The Morgan fingerprint density at radius 3 is 1.78 bits per heavy atom. The zero-order valence-electron chi connectivity index (χ0n) is 12.5. The van der Waals surface area contributed by atoms with Gasteiger partial charge in [0, 0.05) is 12.8 Å². The number of piperidine rings is 1. The van der Waals surface area contributed by atoms with E-state index in [0.29, 0.717) is 18.6 Å². The summed E-state index contributed by atoms with van der Waals surface area (Å²) in [7, 11) is 0. The van der Waals surface area contributed by atoms with Gasteiger partial charge in [0.15, 0.2) is 0 Å². The van der Waals surface area contributed by atoms with E-state index in [9.17, 15) is 10.0 Å². The lowest BCUT2D eigenvalue weighted by atomic mass is 9.75. The van der Waals surface area contributed by atoms with Crippen LogP contribution in [0.15, 0.2) is 0 Å². The molecular formula is C15H29NO2. The van der Waals surface area contributed by atoms with Gasteiger partial charge in [0.05, 0.1) is 11.1 Å². The minimum Gasteiger partial charge on any atom is -0.313 e. The van der Waals surface area contributed by atoms with Crippen LogP contribution in [0.2, 0.25) is 0 Å². The molecule has 0 spiro atoms. The second kappa shape index (κ2) is 6.16. The molecule has 1 aliphatic heterocycles. The van der Waals surface area contributed by atoms with Gasteiger partial charge in [-0.15, -0.1) is 0 Å². The fraction of sp³-hybridized carbons (Fsp3) is 0.933. The van der Waals surface area contributed by atoms with Crippen LogP contribution in [0.3, 0.4) is 0 Å². The van der Waals surface area contributed by atoms with E-state index in [1.54, 1.807) is 0 Å². The summed E-state index contributed by atoms with van der Waals surface area (Å²) < 4.78 is 0. The summed E-state index contributed by atoms with van der Waals surface area (Å²) in [5.41, 5.74) is -0.734. The lowest BCUT2D eigenvalue weighted by molar-refractivity contribution is -0.250. The van der Waals surface area contributed by atoms with Gasteiger partial charge >= 0.3 is 0 Å². The van der Waals surface area contributed by atoms with E-state index in [0.717, 1.165) is 38.5 Å². The van der Waals surface area contributed by atoms with E-state index < -0.39 is 0 Å². The van der Waals surface area contributed by atoms with Gasteiger partial charge in [0.25, 0.3) is 0 Å². The Bertz CT molecular complexity index is 266. The van der Waals surface area contributed by atoms with E-state index in [-0.39, 0.29) is 11.1 Å². The van der Waals surface area contributed by atoms with E-state index in [4.69, 9.17) is 0 Å². The molecule has 0 amide bonds. The molecule has 0 saturated carbocycles. The summed E-state index contributed by atoms with van der Waals surface area (Å²) in [5, 5.41) is 12.1. The molecule has 0 radical (unpaired) electrons. The van der Waals surface area contributed by atoms with Crippen LogP contribution in [0.5, 0.6) is 0 Å². The molecule has 106 valence electrons. The number of hydrogen-bond donors (Lipinski definition) is 1. The SMILES string of the molecule is CCCCC1(C)CC(=O)CC(C)(CCCC)N1O. The molecule has 1 saturated heterocycles. The standard InChI is InChI=1S/C15H29NO2/c1-5-7-9-14(3)11-13(17)12-15(4,16(14)18)10-8-6-2/h18H,5-12H2,1-4H3. The van der Waals surface area contributed by atoms with Crippen LogP contribution in [-0.4, -0.2) is 27.1 Å². The van der Waals surface area contributed by atoms with Gasteiger partial charge in [0.2, 0.25) is 0 Å². The Balaban J connectivity index is 2.84. The zero-order valence-corrected chi connectivity index (χ0v) is 12.5. The third kappa shape index (κ3) is 3.33. The summed E-state index contributed by atoms with van der Waals surface area (Å²) in [4.78, 5) is 12.0. The Kier molecular flexibility index (Phi) is 5.35. The molecule has 2 unspecified atom stereocenters. The van der Waals surface area contributed by atoms with Crippen molar-refractivity contribution in [3.05, 3.63) is 0 Å². The van der Waals surface area contributed by atoms with Gasteiger partial charge < -0.3 is 5.21 Å². The molecule has 1 heterocycles. The number of hydroxylamine groups is 2. The number of carbonyl (C=O) groups excluding carboxylic acids is 1. The summed E-state index contributed by atoms with van der Waals surface area (Å²) in [6.07, 6.45) is 7.10. The third-order valence-corrected chi connectivity index (χ3v) is 4.32. The summed E-state index contributed by atoms with van der Waals surface area (Å²) in [5.74, 6) is 0.303. The van der Waals surface area contributed by atoms with Crippen molar-refractivity contribution < 1.29 is 10.0 Å². The van der Waals surface area contributed by atoms with E-state index in [2.05, 4.69) is 13.8 Å². The number of Topliss-reactive ketones (excluding diaryl/α,β-unsaturated/α-hetero) is 1. The van der Waals surface area contributed by atoms with Crippen molar-refractivity contribution in [3.63, 3.8) is 0 Å². The molecule has 1 aliphatic rings. The van der Waals surface area contributed by atoms with Crippen molar-refractivity contribution in [2.75, 3.05) is 0 Å². The minimum atomic E-state index is -0.367. The maximum absolute atomic E-state index is 12.0. The number of unbranched alkanes of at least 4 members (excludes halogenated alkanes) is 2.